The molecule has 72 valence electrons. The predicted molar refractivity (Wildman–Crippen MR) is 58.9 cm³/mol. The lowest BCUT2D eigenvalue weighted by Crippen LogP contribution is -1.92. The molecule has 2 aromatic rings. The molecule has 0 bridgehead atoms. The average molecular weight is 225 g/mol. The van der Waals surface area contributed by atoms with Gasteiger partial charge in [-0.2, -0.15) is 4.37 Å². The molecule has 0 amide bonds. The minimum Gasteiger partial charge on any atom is -0.208 e. The van der Waals surface area contributed by atoms with Crippen LogP contribution in [0.4, 0.5) is 0 Å². The van der Waals surface area contributed by atoms with Gasteiger partial charge >= 0.3 is 0 Å². The van der Waals surface area contributed by atoms with Crippen LogP contribution in [0.25, 0.3) is 0 Å². The van der Waals surface area contributed by atoms with Gasteiger partial charge in [-0.15, -0.1) is 0 Å². The first-order valence-corrected chi connectivity index (χ1v) is 5.43. The van der Waals surface area contributed by atoms with Gasteiger partial charge in [0.2, 0.25) is 4.47 Å². The number of hydrogen-bond acceptors (Lipinski definition) is 3. The highest BCUT2D eigenvalue weighted by Gasteiger charge is 2.04. The Bertz CT molecular complexity index is 439. The number of rotatable bonds is 2. The highest BCUT2D eigenvalue weighted by molar-refractivity contribution is 7.10. The standard InChI is InChI=1S/C10H9ClN2S/c1-7-4-2-3-5-8(7)6-9-12-10(11)14-13-9/h2-5H,6H2,1H3. The zero-order valence-electron chi connectivity index (χ0n) is 7.70. The summed E-state index contributed by atoms with van der Waals surface area (Å²) in [5, 5.41) is 0. The number of benzene rings is 1. The third kappa shape index (κ3) is 2.11. The topological polar surface area (TPSA) is 25.8 Å². The average Bonchev–Trinajstić information content (AvgIpc) is 2.56. The van der Waals surface area contributed by atoms with Crippen LogP contribution in [0.3, 0.4) is 0 Å². The number of halogens is 1. The van der Waals surface area contributed by atoms with Crippen LogP contribution < -0.4 is 0 Å². The second-order valence-corrected chi connectivity index (χ2v) is 4.40. The molecule has 1 heterocycles. The summed E-state index contributed by atoms with van der Waals surface area (Å²) >= 11 is 6.95. The van der Waals surface area contributed by atoms with Gasteiger partial charge in [-0.25, -0.2) is 4.98 Å². The zero-order valence-corrected chi connectivity index (χ0v) is 9.27. The summed E-state index contributed by atoms with van der Waals surface area (Å²) in [7, 11) is 0. The van der Waals surface area contributed by atoms with E-state index in [4.69, 9.17) is 11.6 Å². The van der Waals surface area contributed by atoms with Crippen molar-refractivity contribution in [3.8, 4) is 0 Å². The van der Waals surface area contributed by atoms with E-state index in [2.05, 4.69) is 28.4 Å². The van der Waals surface area contributed by atoms with E-state index in [0.717, 1.165) is 12.2 Å². The second-order valence-electron chi connectivity index (χ2n) is 3.07. The molecule has 14 heavy (non-hydrogen) atoms. The van der Waals surface area contributed by atoms with Crippen molar-refractivity contribution in [3.63, 3.8) is 0 Å². The van der Waals surface area contributed by atoms with Gasteiger partial charge in [0.15, 0.2) is 0 Å². The Morgan fingerprint density at radius 1 is 1.36 bits per heavy atom. The smallest absolute Gasteiger partial charge is 0.203 e. The molecule has 2 nitrogen and oxygen atoms in total. The van der Waals surface area contributed by atoms with Gasteiger partial charge in [0, 0.05) is 6.42 Å². The van der Waals surface area contributed by atoms with Crippen molar-refractivity contribution in [2.75, 3.05) is 0 Å². The van der Waals surface area contributed by atoms with E-state index in [1.807, 2.05) is 12.1 Å². The Kier molecular flexibility index (Phi) is 2.79. The predicted octanol–water partition coefficient (Wildman–Crippen LogP) is 3.09. The molecular weight excluding hydrogens is 216 g/mol. The maximum atomic E-state index is 5.71. The van der Waals surface area contributed by atoms with Gasteiger partial charge in [0.25, 0.3) is 0 Å². The number of aryl methyl sites for hydroxylation is 1. The van der Waals surface area contributed by atoms with Crippen LogP contribution in [-0.4, -0.2) is 9.36 Å². The highest BCUT2D eigenvalue weighted by atomic mass is 35.5. The van der Waals surface area contributed by atoms with Crippen LogP contribution in [0.1, 0.15) is 17.0 Å². The van der Waals surface area contributed by atoms with E-state index in [9.17, 15) is 0 Å². The van der Waals surface area contributed by atoms with Crippen molar-refractivity contribution in [2.24, 2.45) is 0 Å². The third-order valence-corrected chi connectivity index (χ3v) is 2.89. The lowest BCUT2D eigenvalue weighted by molar-refractivity contribution is 1.02. The summed E-state index contributed by atoms with van der Waals surface area (Å²) in [6.07, 6.45) is 0.760. The van der Waals surface area contributed by atoms with Crippen molar-refractivity contribution in [1.29, 1.82) is 0 Å². The maximum absolute atomic E-state index is 5.71. The summed E-state index contributed by atoms with van der Waals surface area (Å²) in [5.41, 5.74) is 2.51. The monoisotopic (exact) mass is 224 g/mol. The van der Waals surface area contributed by atoms with Gasteiger partial charge in [-0.1, -0.05) is 24.3 Å². The molecule has 0 fully saturated rings. The zero-order chi connectivity index (χ0) is 9.97. The second kappa shape index (κ2) is 4.07. The Balaban J connectivity index is 2.23. The molecule has 0 aliphatic heterocycles. The summed E-state index contributed by atoms with van der Waals surface area (Å²) < 4.78 is 4.66. The van der Waals surface area contributed by atoms with Crippen molar-refractivity contribution >= 4 is 23.1 Å². The molecule has 2 rings (SSSR count). The molecule has 4 heteroatoms. The van der Waals surface area contributed by atoms with E-state index >= 15 is 0 Å². The van der Waals surface area contributed by atoms with Crippen LogP contribution >= 0.6 is 23.1 Å². The lowest BCUT2D eigenvalue weighted by Gasteiger charge is -2.01. The minimum absolute atomic E-state index is 0.508. The molecule has 0 radical (unpaired) electrons. The molecule has 1 aromatic carbocycles. The van der Waals surface area contributed by atoms with E-state index < -0.39 is 0 Å². The van der Waals surface area contributed by atoms with E-state index in [-0.39, 0.29) is 0 Å². The van der Waals surface area contributed by atoms with Gasteiger partial charge in [-0.05, 0) is 41.2 Å². The third-order valence-electron chi connectivity index (χ3n) is 2.05. The SMILES string of the molecule is Cc1ccccc1Cc1nsc(Cl)n1. The Morgan fingerprint density at radius 3 is 2.79 bits per heavy atom. The van der Waals surface area contributed by atoms with Crippen molar-refractivity contribution < 1.29 is 0 Å². The van der Waals surface area contributed by atoms with Crippen LogP contribution in [0, 0.1) is 6.92 Å². The number of aromatic nitrogens is 2. The first-order valence-electron chi connectivity index (χ1n) is 4.28. The van der Waals surface area contributed by atoms with Crippen molar-refractivity contribution in [3.05, 3.63) is 45.7 Å². The highest BCUT2D eigenvalue weighted by Crippen LogP contribution is 2.15. The van der Waals surface area contributed by atoms with Gasteiger partial charge in [-0.3, -0.25) is 0 Å². The molecule has 1 aromatic heterocycles. The van der Waals surface area contributed by atoms with Gasteiger partial charge in [0.1, 0.15) is 5.82 Å². The van der Waals surface area contributed by atoms with Crippen LogP contribution in [0.15, 0.2) is 24.3 Å². The molecular formula is C10H9ClN2S. The fourth-order valence-corrected chi connectivity index (χ4v) is 1.92. The van der Waals surface area contributed by atoms with Crippen molar-refractivity contribution in [2.45, 2.75) is 13.3 Å². The number of hydrogen-bond donors (Lipinski definition) is 0. The van der Waals surface area contributed by atoms with Gasteiger partial charge in [0.05, 0.1) is 0 Å². The van der Waals surface area contributed by atoms with Gasteiger partial charge < -0.3 is 0 Å². The molecule has 0 saturated heterocycles. The summed E-state index contributed by atoms with van der Waals surface area (Å²) in [4.78, 5) is 4.12. The summed E-state index contributed by atoms with van der Waals surface area (Å²) in [5.74, 6) is 0.800. The van der Waals surface area contributed by atoms with Crippen molar-refractivity contribution in [1.82, 2.24) is 9.36 Å². The summed E-state index contributed by atoms with van der Waals surface area (Å²) in [6.45, 7) is 2.09. The molecule has 0 aliphatic carbocycles. The molecule has 0 saturated carbocycles. The quantitative estimate of drug-likeness (QED) is 0.784. The Labute approximate surface area is 91.7 Å². The molecule has 0 unspecified atom stereocenters. The molecule has 0 aliphatic rings. The lowest BCUT2D eigenvalue weighted by atomic mass is 10.1. The van der Waals surface area contributed by atoms with E-state index in [1.54, 1.807) is 0 Å². The fourth-order valence-electron chi connectivity index (χ4n) is 1.28. The molecule has 0 atom stereocenters. The number of nitrogens with zero attached hydrogens (tertiary/aromatic N) is 2. The van der Waals surface area contributed by atoms with Crippen LogP contribution in [0.2, 0.25) is 4.47 Å². The maximum Gasteiger partial charge on any atom is 0.203 e. The largest absolute Gasteiger partial charge is 0.208 e. The first kappa shape index (κ1) is 9.62. The Morgan fingerprint density at radius 2 is 2.14 bits per heavy atom. The fraction of sp³-hybridized carbons (Fsp3) is 0.200. The normalized spacial score (nSPS) is 10.4. The minimum atomic E-state index is 0.508. The molecule has 0 N–H and O–H groups in total. The Hall–Kier alpha value is -0.930. The first-order chi connectivity index (χ1) is 6.75. The molecule has 0 spiro atoms. The summed E-state index contributed by atoms with van der Waals surface area (Å²) in [6, 6.07) is 8.23. The van der Waals surface area contributed by atoms with Crippen LogP contribution in [0.5, 0.6) is 0 Å². The van der Waals surface area contributed by atoms with Crippen LogP contribution in [-0.2, 0) is 6.42 Å². The van der Waals surface area contributed by atoms with E-state index in [1.165, 1.54) is 22.7 Å². The van der Waals surface area contributed by atoms with E-state index in [0.29, 0.717) is 4.47 Å².